The van der Waals surface area contributed by atoms with Gasteiger partial charge in [-0.25, -0.2) is 9.78 Å². The van der Waals surface area contributed by atoms with Crippen LogP contribution in [0.2, 0.25) is 0 Å². The molecule has 1 N–H and O–H groups in total. The van der Waals surface area contributed by atoms with E-state index >= 15 is 0 Å². The molecule has 1 saturated heterocycles. The molecule has 0 aromatic carbocycles. The molecule has 0 radical (unpaired) electrons. The van der Waals surface area contributed by atoms with Crippen molar-refractivity contribution in [1.82, 2.24) is 4.98 Å². The third kappa shape index (κ3) is 4.86. The van der Waals surface area contributed by atoms with Crippen LogP contribution in [0, 0.1) is 17.2 Å². The van der Waals surface area contributed by atoms with E-state index in [4.69, 9.17) is 9.47 Å². The van der Waals surface area contributed by atoms with Crippen molar-refractivity contribution in [1.29, 1.82) is 5.26 Å². The highest BCUT2D eigenvalue weighted by Gasteiger charge is 2.25. The molecule has 1 aliphatic carbocycles. The summed E-state index contributed by atoms with van der Waals surface area (Å²) >= 11 is 1.45. The number of thiophene rings is 1. The molecule has 2 aliphatic rings. The zero-order chi connectivity index (χ0) is 21.8. The van der Waals surface area contributed by atoms with Crippen molar-refractivity contribution in [2.75, 3.05) is 43.1 Å². The predicted molar refractivity (Wildman–Crippen MR) is 116 cm³/mol. The zero-order valence-electron chi connectivity index (χ0n) is 17.3. The Bertz CT molecular complexity index is 1010. The molecule has 0 saturated carbocycles. The number of nitriles is 1. The monoisotopic (exact) mass is 440 g/mol. The van der Waals surface area contributed by atoms with Crippen LogP contribution in [-0.4, -0.2) is 49.8 Å². The Morgan fingerprint density at radius 2 is 2.19 bits per heavy atom. The normalized spacial score (nSPS) is 18.1. The molecular weight excluding hydrogens is 416 g/mol. The van der Waals surface area contributed by atoms with Gasteiger partial charge in [0.25, 0.3) is 5.91 Å². The fourth-order valence-corrected chi connectivity index (χ4v) is 5.20. The van der Waals surface area contributed by atoms with Crippen LogP contribution in [0.4, 0.5) is 10.8 Å². The molecular formula is C22H24N4O4S. The first-order valence-electron chi connectivity index (χ1n) is 10.4. The van der Waals surface area contributed by atoms with Gasteiger partial charge in [0, 0.05) is 24.2 Å². The highest BCUT2D eigenvalue weighted by atomic mass is 32.1. The first-order chi connectivity index (χ1) is 15.0. The average Bonchev–Trinajstić information content (AvgIpc) is 3.13. The fourth-order valence-electron chi connectivity index (χ4n) is 3.82. The Balaban J connectivity index is 1.33. The molecule has 162 valence electrons. The smallest absolute Gasteiger partial charge is 0.340 e. The van der Waals surface area contributed by atoms with Gasteiger partial charge in [0.1, 0.15) is 16.9 Å². The molecule has 1 amide bonds. The topological polar surface area (TPSA) is 105 Å². The summed E-state index contributed by atoms with van der Waals surface area (Å²) in [4.78, 5) is 32.2. The van der Waals surface area contributed by atoms with Crippen LogP contribution in [0.5, 0.6) is 0 Å². The number of hydrogen-bond donors (Lipinski definition) is 1. The summed E-state index contributed by atoms with van der Waals surface area (Å²) in [7, 11) is 0. The quantitative estimate of drug-likeness (QED) is 0.713. The Kier molecular flexibility index (Phi) is 6.49. The molecule has 1 fully saturated rings. The molecule has 0 spiro atoms. The van der Waals surface area contributed by atoms with E-state index < -0.39 is 18.5 Å². The first-order valence-corrected chi connectivity index (χ1v) is 11.2. The molecule has 31 heavy (non-hydrogen) atoms. The Morgan fingerprint density at radius 1 is 1.39 bits per heavy atom. The molecule has 9 heteroatoms. The molecule has 1 aliphatic heterocycles. The molecule has 1 unspecified atom stereocenters. The van der Waals surface area contributed by atoms with Crippen LogP contribution >= 0.6 is 11.3 Å². The van der Waals surface area contributed by atoms with Crippen molar-refractivity contribution in [3.63, 3.8) is 0 Å². The number of ether oxygens (including phenoxy) is 2. The minimum atomic E-state index is -0.615. The maximum Gasteiger partial charge on any atom is 0.340 e. The number of esters is 1. The standard InChI is InChI=1S/C22H24N4O4S/c1-14-2-4-16-17(11-23)21(31-18(16)10-14)25-20(27)13-30-22(28)15-3-5-19(24-12-15)26-6-8-29-9-7-26/h3,5,12,14H,2,4,6-10,13H2,1H3,(H,25,27). The SMILES string of the molecule is CC1CCc2c(sc(NC(=O)COC(=O)c3ccc(N4CCOCC4)nc3)c2C#N)C1. The van der Waals surface area contributed by atoms with Gasteiger partial charge in [-0.3, -0.25) is 4.79 Å². The number of anilines is 2. The predicted octanol–water partition coefficient (Wildman–Crippen LogP) is 2.77. The number of morpholine rings is 1. The number of rotatable bonds is 5. The molecule has 0 bridgehead atoms. The summed E-state index contributed by atoms with van der Waals surface area (Å²) in [5.41, 5.74) is 1.86. The number of carbonyl (C=O) groups excluding carboxylic acids is 2. The maximum absolute atomic E-state index is 12.3. The van der Waals surface area contributed by atoms with Crippen LogP contribution < -0.4 is 10.2 Å². The molecule has 8 nitrogen and oxygen atoms in total. The number of nitrogens with one attached hydrogen (secondary N) is 1. The van der Waals surface area contributed by atoms with Crippen molar-refractivity contribution in [2.24, 2.45) is 5.92 Å². The van der Waals surface area contributed by atoms with E-state index in [0.717, 1.165) is 48.6 Å². The zero-order valence-corrected chi connectivity index (χ0v) is 18.2. The first kappa shape index (κ1) is 21.3. The van der Waals surface area contributed by atoms with Crippen molar-refractivity contribution in [3.05, 3.63) is 39.9 Å². The van der Waals surface area contributed by atoms with E-state index in [1.807, 2.05) is 0 Å². The van der Waals surface area contributed by atoms with Crippen LogP contribution in [0.25, 0.3) is 0 Å². The van der Waals surface area contributed by atoms with E-state index in [-0.39, 0.29) is 5.56 Å². The van der Waals surface area contributed by atoms with Gasteiger partial charge in [0.05, 0.1) is 24.3 Å². The second kappa shape index (κ2) is 9.45. The number of hydrogen-bond acceptors (Lipinski definition) is 8. The summed E-state index contributed by atoms with van der Waals surface area (Å²) in [6, 6.07) is 5.62. The van der Waals surface area contributed by atoms with E-state index in [1.54, 1.807) is 12.1 Å². The van der Waals surface area contributed by atoms with Gasteiger partial charge >= 0.3 is 5.97 Å². The second-order valence-electron chi connectivity index (χ2n) is 7.80. The van der Waals surface area contributed by atoms with Gasteiger partial charge in [-0.15, -0.1) is 11.3 Å². The van der Waals surface area contributed by atoms with Gasteiger partial charge < -0.3 is 19.7 Å². The Hall–Kier alpha value is -2.96. The van der Waals surface area contributed by atoms with Crippen molar-refractivity contribution < 1.29 is 19.1 Å². The lowest BCUT2D eigenvalue weighted by Crippen LogP contribution is -2.36. The molecule has 3 heterocycles. The lowest BCUT2D eigenvalue weighted by atomic mass is 9.89. The minimum absolute atomic E-state index is 0.281. The largest absolute Gasteiger partial charge is 0.452 e. The average molecular weight is 441 g/mol. The minimum Gasteiger partial charge on any atom is -0.452 e. The van der Waals surface area contributed by atoms with Gasteiger partial charge in [0.2, 0.25) is 0 Å². The van der Waals surface area contributed by atoms with E-state index in [9.17, 15) is 14.9 Å². The number of pyridine rings is 1. The van der Waals surface area contributed by atoms with Gasteiger partial charge in [0.15, 0.2) is 6.61 Å². The fraction of sp³-hybridized carbons (Fsp3) is 0.455. The number of aromatic nitrogens is 1. The lowest BCUT2D eigenvalue weighted by Gasteiger charge is -2.27. The van der Waals surface area contributed by atoms with E-state index in [1.165, 1.54) is 17.5 Å². The Morgan fingerprint density at radius 3 is 2.90 bits per heavy atom. The second-order valence-corrected chi connectivity index (χ2v) is 8.90. The van der Waals surface area contributed by atoms with Crippen LogP contribution in [0.1, 0.15) is 39.7 Å². The number of amides is 1. The maximum atomic E-state index is 12.3. The summed E-state index contributed by atoms with van der Waals surface area (Å²) < 4.78 is 10.5. The van der Waals surface area contributed by atoms with Crippen LogP contribution in [-0.2, 0) is 27.1 Å². The van der Waals surface area contributed by atoms with Gasteiger partial charge in [-0.2, -0.15) is 5.26 Å². The molecule has 4 rings (SSSR count). The van der Waals surface area contributed by atoms with E-state index in [0.29, 0.717) is 29.7 Å². The third-order valence-corrected chi connectivity index (χ3v) is 6.70. The van der Waals surface area contributed by atoms with Crippen LogP contribution in [0.3, 0.4) is 0 Å². The molecule has 2 aromatic rings. The number of nitrogens with zero attached hydrogens (tertiary/aromatic N) is 3. The van der Waals surface area contributed by atoms with E-state index in [2.05, 4.69) is 28.2 Å². The summed E-state index contributed by atoms with van der Waals surface area (Å²) in [5, 5.41) is 12.8. The third-order valence-electron chi connectivity index (χ3n) is 5.53. The summed E-state index contributed by atoms with van der Waals surface area (Å²) in [6.45, 7) is 4.59. The highest BCUT2D eigenvalue weighted by molar-refractivity contribution is 7.16. The van der Waals surface area contributed by atoms with Crippen LogP contribution in [0.15, 0.2) is 18.3 Å². The molecule has 2 aromatic heterocycles. The number of fused-ring (bicyclic) bond motifs is 1. The summed E-state index contributed by atoms with van der Waals surface area (Å²) in [6.07, 6.45) is 4.27. The van der Waals surface area contributed by atoms with Crippen molar-refractivity contribution in [2.45, 2.75) is 26.2 Å². The molecule has 1 atom stereocenters. The van der Waals surface area contributed by atoms with Crippen molar-refractivity contribution in [3.8, 4) is 6.07 Å². The van der Waals surface area contributed by atoms with Gasteiger partial charge in [-0.05, 0) is 42.9 Å². The lowest BCUT2D eigenvalue weighted by molar-refractivity contribution is -0.119. The summed E-state index contributed by atoms with van der Waals surface area (Å²) in [5.74, 6) is 0.272. The highest BCUT2D eigenvalue weighted by Crippen LogP contribution is 2.39. The Labute approximate surface area is 184 Å². The number of carbonyl (C=O) groups is 2. The van der Waals surface area contributed by atoms with Crippen molar-refractivity contribution >= 4 is 34.0 Å². The van der Waals surface area contributed by atoms with Gasteiger partial charge in [-0.1, -0.05) is 6.92 Å².